The molecule has 0 radical (unpaired) electrons. The molecule has 0 aromatic heterocycles. The van der Waals surface area contributed by atoms with Crippen LogP contribution in [-0.4, -0.2) is 24.0 Å². The number of carbonyl (C=O) groups is 1. The number of benzene rings is 1. The Morgan fingerprint density at radius 1 is 1.26 bits per heavy atom. The Kier molecular flexibility index (Phi) is 4.97. The third-order valence-corrected chi connectivity index (χ3v) is 3.89. The second kappa shape index (κ2) is 6.71. The second-order valence-electron chi connectivity index (χ2n) is 5.59. The van der Waals surface area contributed by atoms with Gasteiger partial charge in [-0.2, -0.15) is 0 Å². The van der Waals surface area contributed by atoms with Crippen molar-refractivity contribution in [3.8, 4) is 0 Å². The van der Waals surface area contributed by atoms with Gasteiger partial charge in [-0.15, -0.1) is 0 Å². The molecule has 1 aromatic rings. The Bertz CT molecular complexity index is 404. The molecule has 3 unspecified atom stereocenters. The molecule has 1 amide bonds. The molecule has 1 aliphatic heterocycles. The molecule has 0 spiro atoms. The molecule has 3 nitrogen and oxygen atoms in total. The van der Waals surface area contributed by atoms with E-state index in [0.717, 1.165) is 19.3 Å². The Hall–Kier alpha value is -1.35. The Morgan fingerprint density at radius 2 is 2.00 bits per heavy atom. The first-order valence-corrected chi connectivity index (χ1v) is 7.24. The maximum Gasteiger partial charge on any atom is 0.220 e. The summed E-state index contributed by atoms with van der Waals surface area (Å²) in [5.74, 6) is 0.164. The average Bonchev–Trinajstić information content (AvgIpc) is 2.41. The van der Waals surface area contributed by atoms with E-state index in [-0.39, 0.29) is 11.9 Å². The van der Waals surface area contributed by atoms with Crippen molar-refractivity contribution in [2.24, 2.45) is 0 Å². The topological polar surface area (TPSA) is 41.1 Å². The van der Waals surface area contributed by atoms with Gasteiger partial charge >= 0.3 is 0 Å². The van der Waals surface area contributed by atoms with E-state index in [1.165, 1.54) is 5.56 Å². The van der Waals surface area contributed by atoms with Crippen molar-refractivity contribution < 1.29 is 4.79 Å². The third kappa shape index (κ3) is 4.35. The van der Waals surface area contributed by atoms with Gasteiger partial charge in [0, 0.05) is 24.5 Å². The summed E-state index contributed by atoms with van der Waals surface area (Å²) in [5.41, 5.74) is 1.22. The number of rotatable bonds is 4. The molecule has 1 saturated heterocycles. The van der Waals surface area contributed by atoms with Crippen molar-refractivity contribution in [3.05, 3.63) is 35.9 Å². The molecule has 3 heteroatoms. The zero-order chi connectivity index (χ0) is 13.7. The molecule has 0 bridgehead atoms. The fraction of sp³-hybridized carbons (Fsp3) is 0.562. The van der Waals surface area contributed by atoms with Crippen molar-refractivity contribution in [2.75, 3.05) is 0 Å². The molecule has 1 aromatic carbocycles. The number of hydrogen-bond donors (Lipinski definition) is 2. The van der Waals surface area contributed by atoms with Crippen molar-refractivity contribution >= 4 is 5.91 Å². The van der Waals surface area contributed by atoms with Crippen molar-refractivity contribution in [1.29, 1.82) is 0 Å². The van der Waals surface area contributed by atoms with Crippen molar-refractivity contribution in [1.82, 2.24) is 10.6 Å². The fourth-order valence-corrected chi connectivity index (χ4v) is 2.71. The van der Waals surface area contributed by atoms with Crippen LogP contribution in [0.5, 0.6) is 0 Å². The first-order valence-electron chi connectivity index (χ1n) is 7.24. The highest BCUT2D eigenvalue weighted by Crippen LogP contribution is 2.13. The van der Waals surface area contributed by atoms with Crippen LogP contribution in [0.3, 0.4) is 0 Å². The Morgan fingerprint density at radius 3 is 2.68 bits per heavy atom. The van der Waals surface area contributed by atoms with Crippen LogP contribution >= 0.6 is 0 Å². The first kappa shape index (κ1) is 14.1. The van der Waals surface area contributed by atoms with Crippen LogP contribution in [0.15, 0.2) is 30.3 Å². The summed E-state index contributed by atoms with van der Waals surface area (Å²) in [4.78, 5) is 12.0. The van der Waals surface area contributed by atoms with Crippen LogP contribution in [-0.2, 0) is 11.2 Å². The molecule has 1 aliphatic rings. The largest absolute Gasteiger partial charge is 0.352 e. The van der Waals surface area contributed by atoms with Gasteiger partial charge < -0.3 is 10.6 Å². The number of amides is 1. The molecular weight excluding hydrogens is 236 g/mol. The van der Waals surface area contributed by atoms with E-state index < -0.39 is 0 Å². The Labute approximate surface area is 115 Å². The normalized spacial score (nSPS) is 26.9. The van der Waals surface area contributed by atoms with Gasteiger partial charge in [0.2, 0.25) is 5.91 Å². The summed E-state index contributed by atoms with van der Waals surface area (Å²) in [6.45, 7) is 4.35. The summed E-state index contributed by atoms with van der Waals surface area (Å²) in [6, 6.07) is 11.4. The van der Waals surface area contributed by atoms with E-state index in [1.807, 2.05) is 18.2 Å². The van der Waals surface area contributed by atoms with E-state index in [4.69, 9.17) is 0 Å². The predicted octanol–water partition coefficient (Wildman–Crippen LogP) is 2.26. The van der Waals surface area contributed by atoms with Crippen LogP contribution in [0.2, 0.25) is 0 Å². The molecule has 2 rings (SSSR count). The van der Waals surface area contributed by atoms with Crippen LogP contribution in [0, 0.1) is 0 Å². The molecule has 3 atom stereocenters. The van der Waals surface area contributed by atoms with Gasteiger partial charge in [0.25, 0.3) is 0 Å². The fourth-order valence-electron chi connectivity index (χ4n) is 2.71. The van der Waals surface area contributed by atoms with E-state index in [2.05, 4.69) is 36.6 Å². The highest BCUT2D eigenvalue weighted by molar-refractivity contribution is 5.76. The summed E-state index contributed by atoms with van der Waals surface area (Å²) < 4.78 is 0. The van der Waals surface area contributed by atoms with E-state index >= 15 is 0 Å². The molecule has 0 saturated carbocycles. The van der Waals surface area contributed by atoms with E-state index in [1.54, 1.807) is 0 Å². The number of aryl methyl sites for hydroxylation is 1. The molecule has 1 fully saturated rings. The maximum atomic E-state index is 12.0. The van der Waals surface area contributed by atoms with Gasteiger partial charge in [-0.1, -0.05) is 30.3 Å². The number of carbonyl (C=O) groups excluding carboxylic acids is 1. The minimum Gasteiger partial charge on any atom is -0.352 e. The minimum absolute atomic E-state index is 0.164. The smallest absolute Gasteiger partial charge is 0.220 e. The lowest BCUT2D eigenvalue weighted by molar-refractivity contribution is -0.122. The summed E-state index contributed by atoms with van der Waals surface area (Å²) in [6.07, 6.45) is 3.60. The van der Waals surface area contributed by atoms with Crippen LogP contribution in [0.25, 0.3) is 0 Å². The maximum absolute atomic E-state index is 12.0. The van der Waals surface area contributed by atoms with Gasteiger partial charge in [0.15, 0.2) is 0 Å². The quantitative estimate of drug-likeness (QED) is 0.872. The van der Waals surface area contributed by atoms with Gasteiger partial charge in [-0.25, -0.2) is 0 Å². The van der Waals surface area contributed by atoms with Gasteiger partial charge in [-0.05, 0) is 38.7 Å². The third-order valence-electron chi connectivity index (χ3n) is 3.89. The average molecular weight is 260 g/mol. The predicted molar refractivity (Wildman–Crippen MR) is 78.0 cm³/mol. The highest BCUT2D eigenvalue weighted by atomic mass is 16.1. The van der Waals surface area contributed by atoms with Gasteiger partial charge in [0.1, 0.15) is 0 Å². The molecular formula is C16H24N2O. The van der Waals surface area contributed by atoms with Crippen LogP contribution in [0.4, 0.5) is 0 Å². The standard InChI is InChI=1S/C16H24N2O/c1-12-8-10-15(13(2)17-12)18-16(19)11-9-14-6-4-3-5-7-14/h3-7,12-13,15,17H,8-11H2,1-2H3,(H,18,19). The zero-order valence-electron chi connectivity index (χ0n) is 11.9. The van der Waals surface area contributed by atoms with Crippen LogP contribution < -0.4 is 10.6 Å². The van der Waals surface area contributed by atoms with E-state index in [9.17, 15) is 4.79 Å². The molecule has 2 N–H and O–H groups in total. The summed E-state index contributed by atoms with van der Waals surface area (Å²) in [5, 5.41) is 6.65. The first-order chi connectivity index (χ1) is 9.15. The van der Waals surface area contributed by atoms with Crippen molar-refractivity contribution in [2.45, 2.75) is 57.7 Å². The molecule has 0 aliphatic carbocycles. The van der Waals surface area contributed by atoms with Crippen molar-refractivity contribution in [3.63, 3.8) is 0 Å². The van der Waals surface area contributed by atoms with Crippen LogP contribution in [0.1, 0.15) is 38.7 Å². The lowest BCUT2D eigenvalue weighted by Gasteiger charge is -2.34. The zero-order valence-corrected chi connectivity index (χ0v) is 11.9. The van der Waals surface area contributed by atoms with Gasteiger partial charge in [-0.3, -0.25) is 4.79 Å². The highest BCUT2D eigenvalue weighted by Gasteiger charge is 2.25. The molecule has 1 heterocycles. The number of hydrogen-bond acceptors (Lipinski definition) is 2. The lowest BCUT2D eigenvalue weighted by Crippen LogP contribution is -2.54. The van der Waals surface area contributed by atoms with E-state index in [0.29, 0.717) is 18.5 Å². The summed E-state index contributed by atoms with van der Waals surface area (Å²) >= 11 is 0. The monoisotopic (exact) mass is 260 g/mol. The lowest BCUT2D eigenvalue weighted by atomic mass is 9.95. The summed E-state index contributed by atoms with van der Waals surface area (Å²) in [7, 11) is 0. The number of piperidine rings is 1. The molecule has 19 heavy (non-hydrogen) atoms. The SMILES string of the molecule is CC1CCC(NC(=O)CCc2ccccc2)C(C)N1. The Balaban J connectivity index is 1.75. The number of nitrogens with one attached hydrogen (secondary N) is 2. The second-order valence-corrected chi connectivity index (χ2v) is 5.59. The minimum atomic E-state index is 0.164. The van der Waals surface area contributed by atoms with Gasteiger partial charge in [0.05, 0.1) is 0 Å². The molecule has 104 valence electrons.